The molecule has 1 aromatic rings. The van der Waals surface area contributed by atoms with E-state index in [2.05, 4.69) is 24.5 Å². The third-order valence-corrected chi connectivity index (χ3v) is 1.48. The predicted molar refractivity (Wildman–Crippen MR) is 34.6 cm³/mol. The zero-order valence-electron chi connectivity index (χ0n) is 5.31. The van der Waals surface area contributed by atoms with Gasteiger partial charge in [-0.1, -0.05) is 0 Å². The first kappa shape index (κ1) is 5.42. The van der Waals surface area contributed by atoms with Crippen molar-refractivity contribution in [3.05, 3.63) is 30.4 Å². The van der Waals surface area contributed by atoms with Gasteiger partial charge in [-0.2, -0.15) is 0 Å². The molecule has 0 saturated heterocycles. The molecule has 1 rings (SSSR count). The summed E-state index contributed by atoms with van der Waals surface area (Å²) in [5, 5.41) is 0. The second kappa shape index (κ2) is 1.66. The highest BCUT2D eigenvalue weighted by atomic mass is 14.9. The molecule has 1 aromatic heterocycles. The molecule has 0 aliphatic rings. The molecule has 1 radical (unpaired) electrons. The second-order valence-electron chi connectivity index (χ2n) is 2.03. The van der Waals surface area contributed by atoms with Gasteiger partial charge in [0.15, 0.2) is 0 Å². The smallest absolute Gasteiger partial charge is 0.0178 e. The van der Waals surface area contributed by atoms with Gasteiger partial charge in [0, 0.05) is 18.4 Å². The van der Waals surface area contributed by atoms with Crippen LogP contribution in [0.2, 0.25) is 0 Å². The van der Waals surface area contributed by atoms with Crippen LogP contribution in [0.15, 0.2) is 12.1 Å². The topological polar surface area (TPSA) is 4.93 Å². The monoisotopic (exact) mass is 108 g/mol. The van der Waals surface area contributed by atoms with E-state index in [9.17, 15) is 0 Å². The molecule has 0 atom stereocenters. The Labute approximate surface area is 49.9 Å². The average molecular weight is 108 g/mol. The maximum atomic E-state index is 3.80. The van der Waals surface area contributed by atoms with Crippen molar-refractivity contribution >= 4 is 0 Å². The summed E-state index contributed by atoms with van der Waals surface area (Å²) in [7, 11) is 2.01. The highest BCUT2D eigenvalue weighted by Crippen LogP contribution is 2.01. The molecule has 0 saturated carbocycles. The highest BCUT2D eigenvalue weighted by Gasteiger charge is 1.91. The van der Waals surface area contributed by atoms with E-state index in [1.165, 1.54) is 5.69 Å². The molecule has 0 aromatic carbocycles. The van der Waals surface area contributed by atoms with Gasteiger partial charge in [-0.05, 0) is 26.0 Å². The quantitative estimate of drug-likeness (QED) is 0.475. The molecule has 1 heterocycles. The van der Waals surface area contributed by atoms with Crippen molar-refractivity contribution in [2.24, 2.45) is 7.05 Å². The predicted octanol–water partition coefficient (Wildman–Crippen LogP) is 1.52. The standard InChI is InChI=1S/C7H10N/c1-6-4-5-7(2)8(6)3/h4-5H,1H2,2-3H3. The lowest BCUT2D eigenvalue weighted by molar-refractivity contribution is 0.863. The summed E-state index contributed by atoms with van der Waals surface area (Å²) >= 11 is 0. The lowest BCUT2D eigenvalue weighted by Crippen LogP contribution is -1.91. The van der Waals surface area contributed by atoms with Crippen LogP contribution in [0.25, 0.3) is 0 Å². The Kier molecular flexibility index (Phi) is 1.12. The van der Waals surface area contributed by atoms with E-state index in [-0.39, 0.29) is 0 Å². The van der Waals surface area contributed by atoms with Crippen LogP contribution in [-0.4, -0.2) is 4.57 Å². The fourth-order valence-electron chi connectivity index (χ4n) is 0.667. The van der Waals surface area contributed by atoms with Gasteiger partial charge in [0.1, 0.15) is 0 Å². The normalized spacial score (nSPS) is 9.88. The van der Waals surface area contributed by atoms with Crippen LogP contribution in [0.5, 0.6) is 0 Å². The van der Waals surface area contributed by atoms with Crippen molar-refractivity contribution in [3.63, 3.8) is 0 Å². The summed E-state index contributed by atoms with van der Waals surface area (Å²) < 4.78 is 2.06. The Balaban J connectivity index is 3.19. The molecule has 0 unspecified atom stereocenters. The Morgan fingerprint density at radius 3 is 2.25 bits per heavy atom. The lowest BCUT2D eigenvalue weighted by Gasteiger charge is -1.96. The van der Waals surface area contributed by atoms with E-state index >= 15 is 0 Å². The van der Waals surface area contributed by atoms with Gasteiger partial charge in [0.25, 0.3) is 0 Å². The minimum absolute atomic E-state index is 1.07. The number of hydrogen-bond acceptors (Lipinski definition) is 0. The molecule has 0 bridgehead atoms. The molecule has 0 aliphatic carbocycles. The summed E-state index contributed by atoms with van der Waals surface area (Å²) in [6.45, 7) is 5.87. The number of aromatic nitrogens is 1. The van der Waals surface area contributed by atoms with Crippen molar-refractivity contribution in [2.45, 2.75) is 6.92 Å². The van der Waals surface area contributed by atoms with E-state index in [0.29, 0.717) is 0 Å². The molecule has 0 N–H and O–H groups in total. The first-order valence-electron chi connectivity index (χ1n) is 2.66. The zero-order valence-corrected chi connectivity index (χ0v) is 5.31. The maximum absolute atomic E-state index is 3.80. The average Bonchev–Trinajstić information content (AvgIpc) is 1.98. The van der Waals surface area contributed by atoms with Crippen molar-refractivity contribution in [3.8, 4) is 0 Å². The van der Waals surface area contributed by atoms with Crippen LogP contribution < -0.4 is 0 Å². The van der Waals surface area contributed by atoms with Crippen molar-refractivity contribution in [1.82, 2.24) is 4.57 Å². The Hall–Kier alpha value is -0.720. The number of hydrogen-bond donors (Lipinski definition) is 0. The van der Waals surface area contributed by atoms with Gasteiger partial charge in [0.05, 0.1) is 0 Å². The molecule has 0 spiro atoms. The highest BCUT2D eigenvalue weighted by molar-refractivity contribution is 5.16. The molecule has 1 nitrogen and oxygen atoms in total. The van der Waals surface area contributed by atoms with Crippen molar-refractivity contribution < 1.29 is 0 Å². The van der Waals surface area contributed by atoms with E-state index in [0.717, 1.165) is 5.69 Å². The number of rotatable bonds is 0. The van der Waals surface area contributed by atoms with E-state index in [1.54, 1.807) is 0 Å². The molecule has 43 valence electrons. The summed E-state index contributed by atoms with van der Waals surface area (Å²) in [5.41, 5.74) is 2.33. The Morgan fingerprint density at radius 2 is 2.12 bits per heavy atom. The van der Waals surface area contributed by atoms with Gasteiger partial charge in [-0.3, -0.25) is 0 Å². The first-order valence-corrected chi connectivity index (χ1v) is 2.66. The molecule has 0 aliphatic heterocycles. The fraction of sp³-hybridized carbons (Fsp3) is 0.286. The molecule has 0 amide bonds. The van der Waals surface area contributed by atoms with Crippen molar-refractivity contribution in [1.29, 1.82) is 0 Å². The van der Waals surface area contributed by atoms with Crippen LogP contribution in [-0.2, 0) is 7.05 Å². The van der Waals surface area contributed by atoms with Gasteiger partial charge in [0.2, 0.25) is 0 Å². The van der Waals surface area contributed by atoms with Gasteiger partial charge >= 0.3 is 0 Å². The third kappa shape index (κ3) is 0.641. The Bertz CT molecular complexity index is 167. The van der Waals surface area contributed by atoms with Crippen LogP contribution in [0, 0.1) is 13.8 Å². The summed E-state index contributed by atoms with van der Waals surface area (Å²) in [5.74, 6) is 0. The number of nitrogens with zero attached hydrogens (tertiary/aromatic N) is 1. The zero-order chi connectivity index (χ0) is 6.15. The third-order valence-electron chi connectivity index (χ3n) is 1.48. The summed E-state index contributed by atoms with van der Waals surface area (Å²) in [6, 6.07) is 4.07. The molecule has 1 heteroatoms. The van der Waals surface area contributed by atoms with Gasteiger partial charge < -0.3 is 4.57 Å². The molecule has 8 heavy (non-hydrogen) atoms. The first-order chi connectivity index (χ1) is 3.72. The van der Waals surface area contributed by atoms with Crippen LogP contribution >= 0.6 is 0 Å². The SMILES string of the molecule is [CH2]c1ccc(C)n1C. The second-order valence-corrected chi connectivity index (χ2v) is 2.03. The number of aryl methyl sites for hydroxylation is 1. The van der Waals surface area contributed by atoms with Crippen molar-refractivity contribution in [2.75, 3.05) is 0 Å². The summed E-state index contributed by atoms with van der Waals surface area (Å²) in [6.07, 6.45) is 0. The van der Waals surface area contributed by atoms with Gasteiger partial charge in [-0.25, -0.2) is 0 Å². The molecular formula is C7H10N. The van der Waals surface area contributed by atoms with Crippen LogP contribution in [0.3, 0.4) is 0 Å². The van der Waals surface area contributed by atoms with Crippen LogP contribution in [0.4, 0.5) is 0 Å². The Morgan fingerprint density at radius 1 is 1.50 bits per heavy atom. The largest absolute Gasteiger partial charge is 0.352 e. The lowest BCUT2D eigenvalue weighted by atomic mass is 10.5. The van der Waals surface area contributed by atoms with Crippen LogP contribution in [0.1, 0.15) is 11.4 Å². The maximum Gasteiger partial charge on any atom is 0.0178 e. The minimum Gasteiger partial charge on any atom is -0.352 e. The van der Waals surface area contributed by atoms with E-state index in [1.807, 2.05) is 13.1 Å². The van der Waals surface area contributed by atoms with Gasteiger partial charge in [-0.15, -0.1) is 0 Å². The van der Waals surface area contributed by atoms with E-state index in [4.69, 9.17) is 0 Å². The fourth-order valence-corrected chi connectivity index (χ4v) is 0.667. The summed E-state index contributed by atoms with van der Waals surface area (Å²) in [4.78, 5) is 0. The minimum atomic E-state index is 1.07. The van der Waals surface area contributed by atoms with E-state index < -0.39 is 0 Å². The molecule has 0 fully saturated rings. The molecular weight excluding hydrogens is 98.1 g/mol.